The second kappa shape index (κ2) is 6.93. The largest absolute Gasteiger partial charge is 0.497 e. The smallest absolute Gasteiger partial charge is 0.339 e. The SMILES string of the molecule is CCOC(=O)c1cc(=O)n(-c2ccc(OC)cc2)c2c1C(=O)CCC2. The van der Waals surface area contributed by atoms with E-state index in [0.29, 0.717) is 42.0 Å². The number of Topliss-reactive ketones (excluding diaryl/α,β-unsaturated/α-hetero) is 1. The van der Waals surface area contributed by atoms with Crippen LogP contribution in [0.3, 0.4) is 0 Å². The van der Waals surface area contributed by atoms with E-state index in [9.17, 15) is 14.4 Å². The van der Waals surface area contributed by atoms with Crippen molar-refractivity contribution in [3.05, 3.63) is 57.5 Å². The molecule has 0 saturated carbocycles. The molecule has 0 bridgehead atoms. The molecule has 1 aliphatic rings. The Bertz CT molecular complexity index is 880. The van der Waals surface area contributed by atoms with E-state index >= 15 is 0 Å². The van der Waals surface area contributed by atoms with Gasteiger partial charge in [0.25, 0.3) is 5.56 Å². The molecular formula is C19H19NO5. The normalized spacial score (nSPS) is 13.3. The Morgan fingerprint density at radius 1 is 1.16 bits per heavy atom. The molecule has 0 amide bonds. The van der Waals surface area contributed by atoms with Crippen LogP contribution in [0.1, 0.15) is 46.2 Å². The van der Waals surface area contributed by atoms with Gasteiger partial charge in [-0.15, -0.1) is 0 Å². The maximum absolute atomic E-state index is 12.7. The molecule has 0 spiro atoms. The van der Waals surface area contributed by atoms with Crippen LogP contribution in [-0.2, 0) is 11.2 Å². The number of fused-ring (bicyclic) bond motifs is 1. The van der Waals surface area contributed by atoms with Crippen molar-refractivity contribution in [2.75, 3.05) is 13.7 Å². The number of hydrogen-bond acceptors (Lipinski definition) is 5. The monoisotopic (exact) mass is 341 g/mol. The number of ketones is 1. The van der Waals surface area contributed by atoms with Crippen molar-refractivity contribution in [3.63, 3.8) is 0 Å². The van der Waals surface area contributed by atoms with E-state index < -0.39 is 5.97 Å². The number of pyridine rings is 1. The first-order chi connectivity index (χ1) is 12.1. The van der Waals surface area contributed by atoms with Gasteiger partial charge >= 0.3 is 5.97 Å². The topological polar surface area (TPSA) is 74.6 Å². The van der Waals surface area contributed by atoms with E-state index in [1.165, 1.54) is 10.6 Å². The van der Waals surface area contributed by atoms with Crippen molar-refractivity contribution in [2.24, 2.45) is 0 Å². The predicted octanol–water partition coefficient (Wildman–Crippen LogP) is 2.54. The number of rotatable bonds is 4. The van der Waals surface area contributed by atoms with E-state index in [2.05, 4.69) is 0 Å². The highest BCUT2D eigenvalue weighted by Gasteiger charge is 2.28. The lowest BCUT2D eigenvalue weighted by Gasteiger charge is -2.22. The lowest BCUT2D eigenvalue weighted by atomic mass is 9.90. The summed E-state index contributed by atoms with van der Waals surface area (Å²) in [5, 5.41) is 0. The molecule has 0 unspecified atom stereocenters. The average Bonchev–Trinajstić information content (AvgIpc) is 2.61. The van der Waals surface area contributed by atoms with Crippen LogP contribution in [0.15, 0.2) is 35.1 Å². The highest BCUT2D eigenvalue weighted by atomic mass is 16.5. The number of carbonyl (C=O) groups is 2. The molecule has 0 saturated heterocycles. The molecule has 0 fully saturated rings. The lowest BCUT2D eigenvalue weighted by molar-refractivity contribution is 0.0522. The van der Waals surface area contributed by atoms with E-state index in [0.717, 1.165) is 0 Å². The van der Waals surface area contributed by atoms with E-state index in [1.54, 1.807) is 38.3 Å². The van der Waals surface area contributed by atoms with Crippen molar-refractivity contribution in [2.45, 2.75) is 26.2 Å². The number of aromatic nitrogens is 1. The van der Waals surface area contributed by atoms with E-state index in [-0.39, 0.29) is 23.5 Å². The first-order valence-electron chi connectivity index (χ1n) is 8.20. The third kappa shape index (κ3) is 3.07. The summed E-state index contributed by atoms with van der Waals surface area (Å²) in [6.07, 6.45) is 1.56. The van der Waals surface area contributed by atoms with Crippen molar-refractivity contribution < 1.29 is 19.1 Å². The van der Waals surface area contributed by atoms with Gasteiger partial charge in [0.15, 0.2) is 5.78 Å². The molecule has 0 radical (unpaired) electrons. The molecule has 0 aliphatic heterocycles. The third-order valence-corrected chi connectivity index (χ3v) is 4.24. The number of esters is 1. The molecule has 1 aliphatic carbocycles. The minimum Gasteiger partial charge on any atom is -0.497 e. The number of benzene rings is 1. The zero-order valence-electron chi connectivity index (χ0n) is 14.2. The fraction of sp³-hybridized carbons (Fsp3) is 0.316. The van der Waals surface area contributed by atoms with Crippen LogP contribution in [-0.4, -0.2) is 30.0 Å². The molecule has 3 rings (SSSR count). The zero-order valence-corrected chi connectivity index (χ0v) is 14.2. The van der Waals surface area contributed by atoms with E-state index in [4.69, 9.17) is 9.47 Å². The predicted molar refractivity (Wildman–Crippen MR) is 91.8 cm³/mol. The Hall–Kier alpha value is -2.89. The van der Waals surface area contributed by atoms with Gasteiger partial charge in [-0.25, -0.2) is 4.79 Å². The number of methoxy groups -OCH3 is 1. The van der Waals surface area contributed by atoms with Gasteiger partial charge in [-0.05, 0) is 44.0 Å². The van der Waals surface area contributed by atoms with Crippen LogP contribution in [0.5, 0.6) is 5.75 Å². The molecule has 25 heavy (non-hydrogen) atoms. The molecule has 1 aromatic heterocycles. The standard InChI is InChI=1S/C19H19NO5/c1-3-25-19(23)14-11-17(22)20(12-7-9-13(24-2)10-8-12)15-5-4-6-16(21)18(14)15/h7-11H,3-6H2,1-2H3. The number of carbonyl (C=O) groups excluding carboxylic acids is 2. The summed E-state index contributed by atoms with van der Waals surface area (Å²) in [6, 6.07) is 8.20. The lowest BCUT2D eigenvalue weighted by Crippen LogP contribution is -2.30. The maximum atomic E-state index is 12.7. The minimum absolute atomic E-state index is 0.0660. The molecule has 0 N–H and O–H groups in total. The second-order valence-corrected chi connectivity index (χ2v) is 5.75. The van der Waals surface area contributed by atoms with Gasteiger partial charge in [0.05, 0.1) is 24.8 Å². The minimum atomic E-state index is -0.631. The zero-order chi connectivity index (χ0) is 18.0. The van der Waals surface area contributed by atoms with Crippen molar-refractivity contribution in [1.29, 1.82) is 0 Å². The van der Waals surface area contributed by atoms with Gasteiger partial charge in [0, 0.05) is 23.9 Å². The highest BCUT2D eigenvalue weighted by Crippen LogP contribution is 2.26. The molecule has 6 heteroatoms. The van der Waals surface area contributed by atoms with Gasteiger partial charge in [-0.3, -0.25) is 14.2 Å². The van der Waals surface area contributed by atoms with Crippen molar-refractivity contribution in [3.8, 4) is 11.4 Å². The summed E-state index contributed by atoms with van der Waals surface area (Å²) in [5.74, 6) is -0.0931. The first-order valence-corrected chi connectivity index (χ1v) is 8.20. The molecule has 2 aromatic rings. The van der Waals surface area contributed by atoms with Crippen LogP contribution in [0.25, 0.3) is 5.69 Å². The molecule has 1 aromatic carbocycles. The summed E-state index contributed by atoms with van der Waals surface area (Å²) in [6.45, 7) is 1.87. The van der Waals surface area contributed by atoms with E-state index in [1.807, 2.05) is 0 Å². The summed E-state index contributed by atoms with van der Waals surface area (Å²) in [4.78, 5) is 37.4. The third-order valence-electron chi connectivity index (χ3n) is 4.24. The van der Waals surface area contributed by atoms with Crippen LogP contribution < -0.4 is 10.3 Å². The Labute approximate surface area is 145 Å². The van der Waals surface area contributed by atoms with Crippen LogP contribution in [0, 0.1) is 0 Å². The summed E-state index contributed by atoms with van der Waals surface area (Å²) in [7, 11) is 1.57. The molecule has 0 atom stereocenters. The first kappa shape index (κ1) is 17.0. The van der Waals surface area contributed by atoms with Gasteiger partial charge in [0.2, 0.25) is 0 Å². The molecule has 1 heterocycles. The number of ether oxygens (including phenoxy) is 2. The van der Waals surface area contributed by atoms with Crippen LogP contribution >= 0.6 is 0 Å². The van der Waals surface area contributed by atoms with Crippen LogP contribution in [0.2, 0.25) is 0 Å². The van der Waals surface area contributed by atoms with Gasteiger partial charge < -0.3 is 9.47 Å². The fourth-order valence-electron chi connectivity index (χ4n) is 3.13. The van der Waals surface area contributed by atoms with Gasteiger partial charge in [-0.2, -0.15) is 0 Å². The van der Waals surface area contributed by atoms with Crippen molar-refractivity contribution in [1.82, 2.24) is 4.57 Å². The van der Waals surface area contributed by atoms with Gasteiger partial charge in [-0.1, -0.05) is 0 Å². The Morgan fingerprint density at radius 3 is 2.52 bits per heavy atom. The second-order valence-electron chi connectivity index (χ2n) is 5.75. The summed E-state index contributed by atoms with van der Waals surface area (Å²) < 4.78 is 11.7. The van der Waals surface area contributed by atoms with Crippen molar-refractivity contribution >= 4 is 11.8 Å². The maximum Gasteiger partial charge on any atom is 0.339 e. The molecule has 130 valence electrons. The Balaban J connectivity index is 2.23. The summed E-state index contributed by atoms with van der Waals surface area (Å²) >= 11 is 0. The average molecular weight is 341 g/mol. The highest BCUT2D eigenvalue weighted by molar-refractivity contribution is 6.07. The molecule has 6 nitrogen and oxygen atoms in total. The fourth-order valence-corrected chi connectivity index (χ4v) is 3.13. The Kier molecular flexibility index (Phi) is 4.70. The quantitative estimate of drug-likeness (QED) is 0.799. The Morgan fingerprint density at radius 2 is 1.88 bits per heavy atom. The van der Waals surface area contributed by atoms with Crippen LogP contribution in [0.4, 0.5) is 0 Å². The van der Waals surface area contributed by atoms with Gasteiger partial charge in [0.1, 0.15) is 5.75 Å². The molecular weight excluding hydrogens is 322 g/mol. The number of hydrogen-bond donors (Lipinski definition) is 0. The summed E-state index contributed by atoms with van der Waals surface area (Å²) in [5.41, 5.74) is 1.21. The number of nitrogens with zero attached hydrogens (tertiary/aromatic N) is 1.